The molecule has 0 bridgehead atoms. The summed E-state index contributed by atoms with van der Waals surface area (Å²) in [4.78, 5) is 25.0. The lowest BCUT2D eigenvalue weighted by Crippen LogP contribution is -2.38. The van der Waals surface area contributed by atoms with Crippen LogP contribution in [-0.2, 0) is 14.6 Å². The van der Waals surface area contributed by atoms with Gasteiger partial charge >= 0.3 is 5.69 Å². The van der Waals surface area contributed by atoms with Crippen LogP contribution < -0.4 is 11.2 Å². The standard InChI is InChI=1S/C11H15FN2O6S/c1-5-4-14(11(17)13-9(5)15)7-3-6(12)8(20-7)10(16)21(2,18)19/h4,6-8,10,16H,3H2,1-2H3,(H,13,15,17)/t6?,7-,8+,10?/m1/s1. The highest BCUT2D eigenvalue weighted by Gasteiger charge is 2.44. The molecule has 0 radical (unpaired) electrons. The minimum atomic E-state index is -3.90. The van der Waals surface area contributed by atoms with E-state index in [9.17, 15) is 27.5 Å². The minimum Gasteiger partial charge on any atom is -0.375 e. The number of hydrogen-bond acceptors (Lipinski definition) is 6. The van der Waals surface area contributed by atoms with Gasteiger partial charge in [0.2, 0.25) is 0 Å². The van der Waals surface area contributed by atoms with E-state index in [0.29, 0.717) is 0 Å². The smallest absolute Gasteiger partial charge is 0.330 e. The molecule has 0 aliphatic carbocycles. The molecule has 21 heavy (non-hydrogen) atoms. The molecule has 1 fully saturated rings. The third-order valence-electron chi connectivity index (χ3n) is 3.27. The molecule has 0 amide bonds. The molecule has 10 heteroatoms. The van der Waals surface area contributed by atoms with Gasteiger partial charge in [0.25, 0.3) is 5.56 Å². The van der Waals surface area contributed by atoms with Gasteiger partial charge in [0, 0.05) is 24.4 Å². The molecule has 1 aromatic heterocycles. The summed E-state index contributed by atoms with van der Waals surface area (Å²) in [7, 11) is -3.90. The lowest BCUT2D eigenvalue weighted by Gasteiger charge is -2.19. The number of sulfone groups is 1. The molecule has 2 rings (SSSR count). The van der Waals surface area contributed by atoms with Crippen molar-refractivity contribution in [1.29, 1.82) is 0 Å². The van der Waals surface area contributed by atoms with Crippen molar-refractivity contribution >= 4 is 9.84 Å². The lowest BCUT2D eigenvalue weighted by molar-refractivity contribution is -0.0483. The molecule has 1 aromatic rings. The van der Waals surface area contributed by atoms with Gasteiger partial charge in [-0.3, -0.25) is 14.3 Å². The van der Waals surface area contributed by atoms with Crippen molar-refractivity contribution in [2.75, 3.05) is 6.26 Å². The van der Waals surface area contributed by atoms with Crippen molar-refractivity contribution in [3.63, 3.8) is 0 Å². The molecule has 8 nitrogen and oxygen atoms in total. The Morgan fingerprint density at radius 3 is 2.71 bits per heavy atom. The van der Waals surface area contributed by atoms with Crippen molar-refractivity contribution in [3.05, 3.63) is 32.6 Å². The fourth-order valence-corrected chi connectivity index (χ4v) is 2.84. The molecule has 2 heterocycles. The molecule has 2 N–H and O–H groups in total. The molecule has 1 saturated heterocycles. The van der Waals surface area contributed by atoms with E-state index in [1.165, 1.54) is 13.1 Å². The highest BCUT2D eigenvalue weighted by molar-refractivity contribution is 7.91. The second-order valence-corrected chi connectivity index (χ2v) is 7.15. The zero-order valence-corrected chi connectivity index (χ0v) is 12.1. The molecule has 118 valence electrons. The number of rotatable bonds is 3. The van der Waals surface area contributed by atoms with E-state index in [0.717, 1.165) is 10.8 Å². The highest BCUT2D eigenvalue weighted by atomic mass is 32.2. The van der Waals surface area contributed by atoms with Gasteiger partial charge in [0.05, 0.1) is 0 Å². The zero-order valence-electron chi connectivity index (χ0n) is 11.3. The Kier molecular flexibility index (Phi) is 4.04. The Bertz CT molecular complexity index is 755. The van der Waals surface area contributed by atoms with Crippen molar-refractivity contribution in [3.8, 4) is 0 Å². The minimum absolute atomic E-state index is 0.223. The molecule has 0 saturated carbocycles. The predicted molar refractivity (Wildman–Crippen MR) is 70.3 cm³/mol. The summed E-state index contributed by atoms with van der Waals surface area (Å²) >= 11 is 0. The molecule has 0 spiro atoms. The van der Waals surface area contributed by atoms with E-state index in [2.05, 4.69) is 0 Å². The van der Waals surface area contributed by atoms with Crippen molar-refractivity contribution in [2.24, 2.45) is 0 Å². The average Bonchev–Trinajstić information content (AvgIpc) is 2.73. The van der Waals surface area contributed by atoms with E-state index in [-0.39, 0.29) is 12.0 Å². The Labute approximate surface area is 119 Å². The lowest BCUT2D eigenvalue weighted by atomic mass is 10.2. The summed E-state index contributed by atoms with van der Waals surface area (Å²) in [6.07, 6.45) is -2.76. The second kappa shape index (κ2) is 5.35. The molecule has 2 unspecified atom stereocenters. The number of nitrogens with zero attached hydrogens (tertiary/aromatic N) is 1. The van der Waals surface area contributed by atoms with Crippen LogP contribution in [-0.4, -0.2) is 47.0 Å². The topological polar surface area (TPSA) is 118 Å². The number of ether oxygens (including phenoxy) is 1. The number of aromatic amines is 1. The first kappa shape index (κ1) is 15.9. The zero-order chi connectivity index (χ0) is 15.9. The maximum atomic E-state index is 13.9. The SMILES string of the molecule is Cc1cn([C@H]2CC(F)[C@@H](C(O)S(C)(=O)=O)O2)c(=O)[nH]c1=O. The van der Waals surface area contributed by atoms with Crippen LogP contribution in [0.15, 0.2) is 15.8 Å². The maximum absolute atomic E-state index is 13.9. The molecule has 0 aromatic carbocycles. The molecular weight excluding hydrogens is 307 g/mol. The van der Waals surface area contributed by atoms with Crippen molar-refractivity contribution in [2.45, 2.75) is 37.3 Å². The summed E-state index contributed by atoms with van der Waals surface area (Å²) < 4.78 is 42.5. The Hall–Kier alpha value is -1.52. The van der Waals surface area contributed by atoms with Crippen LogP contribution in [0.2, 0.25) is 0 Å². The number of aromatic nitrogens is 2. The van der Waals surface area contributed by atoms with Gasteiger partial charge < -0.3 is 9.84 Å². The van der Waals surface area contributed by atoms with E-state index >= 15 is 0 Å². The van der Waals surface area contributed by atoms with Crippen molar-refractivity contribution in [1.82, 2.24) is 9.55 Å². The number of hydrogen-bond donors (Lipinski definition) is 2. The highest BCUT2D eigenvalue weighted by Crippen LogP contribution is 2.32. The molecule has 1 aliphatic heterocycles. The van der Waals surface area contributed by atoms with Crippen LogP contribution in [0.5, 0.6) is 0 Å². The number of aryl methyl sites for hydroxylation is 1. The molecular formula is C11H15FN2O6S. The quantitative estimate of drug-likeness (QED) is 0.724. The number of H-pyrrole nitrogens is 1. The number of aliphatic hydroxyl groups excluding tert-OH is 1. The average molecular weight is 322 g/mol. The Balaban J connectivity index is 2.32. The van der Waals surface area contributed by atoms with Crippen molar-refractivity contribution < 1.29 is 22.7 Å². The summed E-state index contributed by atoms with van der Waals surface area (Å²) in [6.45, 7) is 1.46. The number of nitrogens with one attached hydrogen (secondary N) is 1. The normalized spacial score (nSPS) is 27.7. The first-order chi connectivity index (χ1) is 9.61. The fourth-order valence-electron chi connectivity index (χ4n) is 2.12. The van der Waals surface area contributed by atoms with E-state index in [1.807, 2.05) is 4.98 Å². The molecule has 4 atom stereocenters. The maximum Gasteiger partial charge on any atom is 0.330 e. The van der Waals surface area contributed by atoms with Gasteiger partial charge in [0.15, 0.2) is 15.3 Å². The number of alkyl halides is 1. The third kappa shape index (κ3) is 3.06. The Morgan fingerprint density at radius 1 is 1.52 bits per heavy atom. The van der Waals surface area contributed by atoms with Gasteiger partial charge in [-0.15, -0.1) is 0 Å². The largest absolute Gasteiger partial charge is 0.375 e. The van der Waals surface area contributed by atoms with Crippen LogP contribution in [0, 0.1) is 6.92 Å². The van der Waals surface area contributed by atoms with Gasteiger partial charge in [0.1, 0.15) is 18.5 Å². The van der Waals surface area contributed by atoms with Crippen LogP contribution in [0.1, 0.15) is 18.2 Å². The summed E-state index contributed by atoms with van der Waals surface area (Å²) in [6, 6.07) is 0. The summed E-state index contributed by atoms with van der Waals surface area (Å²) in [5.74, 6) is 0. The monoisotopic (exact) mass is 322 g/mol. The molecule has 1 aliphatic rings. The number of aliphatic hydroxyl groups is 1. The predicted octanol–water partition coefficient (Wildman–Crippen LogP) is -1.17. The second-order valence-electron chi connectivity index (χ2n) is 5.01. The van der Waals surface area contributed by atoms with E-state index in [1.54, 1.807) is 0 Å². The Morgan fingerprint density at radius 2 is 2.14 bits per heavy atom. The van der Waals surface area contributed by atoms with E-state index < -0.39 is 45.0 Å². The van der Waals surface area contributed by atoms with Crippen LogP contribution in [0.3, 0.4) is 0 Å². The fraction of sp³-hybridized carbons (Fsp3) is 0.636. The third-order valence-corrected chi connectivity index (χ3v) is 4.42. The van der Waals surface area contributed by atoms with Gasteiger partial charge in [-0.1, -0.05) is 0 Å². The van der Waals surface area contributed by atoms with Crippen LogP contribution in [0.25, 0.3) is 0 Å². The summed E-state index contributed by atoms with van der Waals surface area (Å²) in [5.41, 5.74) is -3.16. The summed E-state index contributed by atoms with van der Waals surface area (Å²) in [5, 5.41) is 9.59. The number of halogens is 1. The van der Waals surface area contributed by atoms with Crippen LogP contribution >= 0.6 is 0 Å². The van der Waals surface area contributed by atoms with Gasteiger partial charge in [-0.05, 0) is 6.92 Å². The first-order valence-corrected chi connectivity index (χ1v) is 8.05. The first-order valence-electron chi connectivity index (χ1n) is 6.10. The van der Waals surface area contributed by atoms with Gasteiger partial charge in [-0.2, -0.15) is 0 Å². The van der Waals surface area contributed by atoms with Crippen LogP contribution in [0.4, 0.5) is 4.39 Å². The van der Waals surface area contributed by atoms with E-state index in [4.69, 9.17) is 4.74 Å². The van der Waals surface area contributed by atoms with Gasteiger partial charge in [-0.25, -0.2) is 17.6 Å².